The number of hydrogen-bond acceptors (Lipinski definition) is 5. The number of aliphatic carboxylic acids is 1. The first-order chi connectivity index (χ1) is 9.69. The molecule has 6 heteroatoms. The standard InChI is InChI=1S/C14H20N2O2S2/c1-19-10-5-3-2-4-9(10)15-14-16-12-8(13(17)18)6-7-11(12)20-14/h8-10H,2-7H2,1H3,(H,15,16)(H,17,18). The number of carboxylic acid groups (broad SMARTS) is 1. The zero-order chi connectivity index (χ0) is 14.1. The summed E-state index contributed by atoms with van der Waals surface area (Å²) < 4.78 is 0. The van der Waals surface area contributed by atoms with E-state index in [0.717, 1.165) is 22.1 Å². The Hall–Kier alpha value is -0.750. The summed E-state index contributed by atoms with van der Waals surface area (Å²) in [4.78, 5) is 16.9. The van der Waals surface area contributed by atoms with Crippen molar-refractivity contribution in [3.8, 4) is 0 Å². The maximum Gasteiger partial charge on any atom is 0.312 e. The van der Waals surface area contributed by atoms with Gasteiger partial charge in [-0.05, 0) is 31.9 Å². The van der Waals surface area contributed by atoms with Crippen LogP contribution in [0.4, 0.5) is 5.13 Å². The predicted octanol–water partition coefficient (Wildman–Crippen LogP) is 3.34. The lowest BCUT2D eigenvalue weighted by Crippen LogP contribution is -2.34. The first-order valence-corrected chi connectivity index (χ1v) is 9.31. The SMILES string of the molecule is CSC1CCCCC1Nc1nc2c(s1)CCC2C(=O)O. The molecule has 0 amide bonds. The van der Waals surface area contributed by atoms with Gasteiger partial charge in [0.2, 0.25) is 0 Å². The molecule has 1 fully saturated rings. The number of fused-ring (bicyclic) bond motifs is 1. The average Bonchev–Trinajstić information content (AvgIpc) is 2.98. The van der Waals surface area contributed by atoms with Gasteiger partial charge in [-0.1, -0.05) is 12.8 Å². The molecule has 4 nitrogen and oxygen atoms in total. The van der Waals surface area contributed by atoms with Gasteiger partial charge in [-0.15, -0.1) is 11.3 Å². The van der Waals surface area contributed by atoms with Gasteiger partial charge in [-0.25, -0.2) is 4.98 Å². The molecule has 0 aliphatic heterocycles. The normalized spacial score (nSPS) is 29.1. The monoisotopic (exact) mass is 312 g/mol. The summed E-state index contributed by atoms with van der Waals surface area (Å²) >= 11 is 3.58. The third kappa shape index (κ3) is 2.68. The lowest BCUT2D eigenvalue weighted by atomic mass is 9.95. The van der Waals surface area contributed by atoms with Gasteiger partial charge in [0.25, 0.3) is 0 Å². The quantitative estimate of drug-likeness (QED) is 0.893. The molecule has 0 radical (unpaired) electrons. The van der Waals surface area contributed by atoms with E-state index >= 15 is 0 Å². The number of thiazole rings is 1. The fourth-order valence-electron chi connectivity index (χ4n) is 3.23. The van der Waals surface area contributed by atoms with Crippen molar-refractivity contribution < 1.29 is 9.90 Å². The summed E-state index contributed by atoms with van der Waals surface area (Å²) in [5.41, 5.74) is 0.807. The maximum absolute atomic E-state index is 11.2. The number of thioether (sulfide) groups is 1. The third-order valence-electron chi connectivity index (χ3n) is 4.33. The topological polar surface area (TPSA) is 62.2 Å². The molecule has 1 heterocycles. The lowest BCUT2D eigenvalue weighted by molar-refractivity contribution is -0.138. The highest BCUT2D eigenvalue weighted by molar-refractivity contribution is 7.99. The molecule has 110 valence electrons. The Kier molecular flexibility index (Phi) is 4.21. The molecule has 2 aliphatic carbocycles. The molecule has 0 aromatic carbocycles. The van der Waals surface area contributed by atoms with E-state index < -0.39 is 5.97 Å². The van der Waals surface area contributed by atoms with Crippen LogP contribution in [-0.4, -0.2) is 33.6 Å². The van der Waals surface area contributed by atoms with Gasteiger partial charge >= 0.3 is 5.97 Å². The highest BCUT2D eigenvalue weighted by Gasteiger charge is 2.33. The van der Waals surface area contributed by atoms with E-state index in [-0.39, 0.29) is 5.92 Å². The van der Waals surface area contributed by atoms with Crippen LogP contribution in [0, 0.1) is 0 Å². The largest absolute Gasteiger partial charge is 0.481 e. The number of carboxylic acids is 1. The Morgan fingerprint density at radius 1 is 1.40 bits per heavy atom. The fourth-order valence-corrected chi connectivity index (χ4v) is 5.27. The van der Waals surface area contributed by atoms with Gasteiger partial charge in [-0.3, -0.25) is 4.79 Å². The number of nitrogens with one attached hydrogen (secondary N) is 1. The molecule has 3 atom stereocenters. The zero-order valence-corrected chi connectivity index (χ0v) is 13.2. The summed E-state index contributed by atoms with van der Waals surface area (Å²) in [7, 11) is 0. The van der Waals surface area contributed by atoms with Crippen molar-refractivity contribution in [2.45, 2.75) is 55.7 Å². The van der Waals surface area contributed by atoms with E-state index in [1.165, 1.54) is 25.7 Å². The van der Waals surface area contributed by atoms with Gasteiger partial charge in [-0.2, -0.15) is 11.8 Å². The average molecular weight is 312 g/mol. The fraction of sp³-hybridized carbons (Fsp3) is 0.714. The van der Waals surface area contributed by atoms with Crippen LogP contribution in [0.5, 0.6) is 0 Å². The molecule has 1 aromatic heterocycles. The molecule has 1 saturated carbocycles. The lowest BCUT2D eigenvalue weighted by Gasteiger charge is -2.30. The Balaban J connectivity index is 1.73. The summed E-state index contributed by atoms with van der Waals surface area (Å²) in [6, 6.07) is 0.480. The van der Waals surface area contributed by atoms with E-state index in [4.69, 9.17) is 0 Å². The minimum atomic E-state index is -0.736. The van der Waals surface area contributed by atoms with Crippen LogP contribution < -0.4 is 5.32 Å². The Morgan fingerprint density at radius 2 is 2.20 bits per heavy atom. The van der Waals surface area contributed by atoms with Gasteiger partial charge < -0.3 is 10.4 Å². The Morgan fingerprint density at radius 3 is 2.95 bits per heavy atom. The molecule has 0 bridgehead atoms. The van der Waals surface area contributed by atoms with Crippen molar-refractivity contribution in [3.63, 3.8) is 0 Å². The van der Waals surface area contributed by atoms with Gasteiger partial charge in [0.05, 0.1) is 5.69 Å². The number of hydrogen-bond donors (Lipinski definition) is 2. The second-order valence-electron chi connectivity index (χ2n) is 5.57. The van der Waals surface area contributed by atoms with E-state index in [0.29, 0.717) is 17.7 Å². The smallest absolute Gasteiger partial charge is 0.312 e. The van der Waals surface area contributed by atoms with Crippen LogP contribution in [0.25, 0.3) is 0 Å². The van der Waals surface area contributed by atoms with E-state index in [1.807, 2.05) is 11.8 Å². The second-order valence-corrected chi connectivity index (χ2v) is 7.73. The molecular formula is C14H20N2O2S2. The zero-order valence-electron chi connectivity index (χ0n) is 11.6. The number of carbonyl (C=O) groups is 1. The van der Waals surface area contributed by atoms with Crippen LogP contribution in [0.15, 0.2) is 0 Å². The third-order valence-corrected chi connectivity index (χ3v) is 6.56. The van der Waals surface area contributed by atoms with Gasteiger partial charge in [0.15, 0.2) is 5.13 Å². The number of aromatic nitrogens is 1. The van der Waals surface area contributed by atoms with E-state index in [1.54, 1.807) is 11.3 Å². The Bertz CT molecular complexity index is 503. The number of aryl methyl sites for hydroxylation is 1. The molecule has 0 saturated heterocycles. The number of nitrogens with zero attached hydrogens (tertiary/aromatic N) is 1. The number of anilines is 1. The van der Waals surface area contributed by atoms with Gasteiger partial charge in [0, 0.05) is 16.2 Å². The van der Waals surface area contributed by atoms with Gasteiger partial charge in [0.1, 0.15) is 5.92 Å². The van der Waals surface area contributed by atoms with E-state index in [2.05, 4.69) is 16.6 Å². The summed E-state index contributed by atoms with van der Waals surface area (Å²) in [6.45, 7) is 0. The van der Waals surface area contributed by atoms with Crippen molar-refractivity contribution in [3.05, 3.63) is 10.6 Å². The minimum Gasteiger partial charge on any atom is -0.481 e. The minimum absolute atomic E-state index is 0.389. The summed E-state index contributed by atoms with van der Waals surface area (Å²) in [6.07, 6.45) is 8.80. The van der Waals surface area contributed by atoms with Crippen LogP contribution in [-0.2, 0) is 11.2 Å². The molecule has 3 rings (SSSR count). The maximum atomic E-state index is 11.2. The molecule has 1 aromatic rings. The molecule has 2 aliphatic rings. The van der Waals surface area contributed by atoms with Crippen molar-refractivity contribution in [2.75, 3.05) is 11.6 Å². The van der Waals surface area contributed by atoms with Crippen LogP contribution >= 0.6 is 23.1 Å². The molecule has 3 unspecified atom stereocenters. The molecule has 2 N–H and O–H groups in total. The molecule has 0 spiro atoms. The van der Waals surface area contributed by atoms with Crippen molar-refractivity contribution in [1.82, 2.24) is 4.98 Å². The van der Waals surface area contributed by atoms with Crippen LogP contribution in [0.2, 0.25) is 0 Å². The van der Waals surface area contributed by atoms with Crippen molar-refractivity contribution >= 4 is 34.2 Å². The predicted molar refractivity (Wildman–Crippen MR) is 84.0 cm³/mol. The van der Waals surface area contributed by atoms with Crippen molar-refractivity contribution in [2.24, 2.45) is 0 Å². The van der Waals surface area contributed by atoms with Crippen LogP contribution in [0.3, 0.4) is 0 Å². The summed E-state index contributed by atoms with van der Waals surface area (Å²) in [5.74, 6) is -1.13. The highest BCUT2D eigenvalue weighted by Crippen LogP contribution is 2.39. The van der Waals surface area contributed by atoms with Crippen molar-refractivity contribution in [1.29, 1.82) is 0 Å². The Labute approximate surface area is 127 Å². The highest BCUT2D eigenvalue weighted by atomic mass is 32.2. The first-order valence-electron chi connectivity index (χ1n) is 7.20. The number of rotatable bonds is 4. The van der Waals surface area contributed by atoms with Crippen LogP contribution in [0.1, 0.15) is 48.6 Å². The summed E-state index contributed by atoms with van der Waals surface area (Å²) in [5, 5.41) is 14.3. The molecular weight excluding hydrogens is 292 g/mol. The first kappa shape index (κ1) is 14.2. The van der Waals surface area contributed by atoms with E-state index in [9.17, 15) is 9.90 Å². The molecule has 20 heavy (non-hydrogen) atoms. The second kappa shape index (κ2) is 5.93.